The molecule has 26 heavy (non-hydrogen) atoms. The summed E-state index contributed by atoms with van der Waals surface area (Å²) in [6.45, 7) is 6.25. The van der Waals surface area contributed by atoms with E-state index in [0.717, 1.165) is 5.56 Å². The zero-order valence-corrected chi connectivity index (χ0v) is 15.5. The van der Waals surface area contributed by atoms with Crippen molar-refractivity contribution in [3.63, 3.8) is 0 Å². The number of hydrogen-bond acceptors (Lipinski definition) is 5. The maximum atomic E-state index is 12.9. The van der Waals surface area contributed by atoms with Gasteiger partial charge in [-0.3, -0.25) is 0 Å². The predicted octanol–water partition coefficient (Wildman–Crippen LogP) is 2.56. The number of carbonyl (C=O) groups excluding carboxylic acids is 1. The van der Waals surface area contributed by atoms with Crippen LogP contribution in [0.1, 0.15) is 44.1 Å². The van der Waals surface area contributed by atoms with E-state index in [2.05, 4.69) is 26.1 Å². The predicted molar refractivity (Wildman–Crippen MR) is 95.9 cm³/mol. The summed E-state index contributed by atoms with van der Waals surface area (Å²) in [5.41, 5.74) is 0.809. The van der Waals surface area contributed by atoms with Crippen LogP contribution in [0.4, 0.5) is 9.18 Å². The third kappa shape index (κ3) is 5.80. The van der Waals surface area contributed by atoms with Gasteiger partial charge in [0.25, 0.3) is 0 Å². The van der Waals surface area contributed by atoms with E-state index in [1.165, 1.54) is 12.1 Å². The molecular formula is C18H26FN5O2. The molecule has 142 valence electrons. The van der Waals surface area contributed by atoms with Crippen LogP contribution >= 0.6 is 0 Å². The first-order valence-corrected chi connectivity index (χ1v) is 8.67. The van der Waals surface area contributed by atoms with Crippen LogP contribution in [-0.2, 0) is 13.0 Å². The lowest BCUT2D eigenvalue weighted by Crippen LogP contribution is -2.39. The fourth-order valence-corrected chi connectivity index (χ4v) is 2.34. The summed E-state index contributed by atoms with van der Waals surface area (Å²) in [5.74, 6) is 0.746. The molecule has 1 aromatic heterocycles. The quantitative estimate of drug-likeness (QED) is 0.670. The molecular weight excluding hydrogens is 337 g/mol. The van der Waals surface area contributed by atoms with Crippen LogP contribution in [0.25, 0.3) is 0 Å². The minimum absolute atomic E-state index is 0.0709. The van der Waals surface area contributed by atoms with Crippen molar-refractivity contribution in [2.24, 2.45) is 5.92 Å². The van der Waals surface area contributed by atoms with E-state index >= 15 is 0 Å². The van der Waals surface area contributed by atoms with Gasteiger partial charge in [-0.1, -0.05) is 31.1 Å². The fraction of sp³-hybridized carbons (Fsp3) is 0.500. The van der Waals surface area contributed by atoms with E-state index < -0.39 is 6.04 Å². The normalized spacial score (nSPS) is 13.5. The van der Waals surface area contributed by atoms with Crippen LogP contribution in [0.2, 0.25) is 0 Å². The summed E-state index contributed by atoms with van der Waals surface area (Å²) in [6.07, 6.45) is 0.640. The number of amides is 2. The topological polar surface area (TPSA) is 92.1 Å². The lowest BCUT2D eigenvalue weighted by molar-refractivity contribution is 0.224. The van der Waals surface area contributed by atoms with E-state index in [1.54, 1.807) is 12.1 Å². The Labute approximate surface area is 152 Å². The van der Waals surface area contributed by atoms with Crippen molar-refractivity contribution in [2.75, 3.05) is 7.05 Å². The van der Waals surface area contributed by atoms with E-state index in [-0.39, 0.29) is 23.8 Å². The summed E-state index contributed by atoms with van der Waals surface area (Å²) in [5, 5.41) is 12.7. The lowest BCUT2D eigenvalue weighted by atomic mass is 10.0. The number of halogens is 1. The third-order valence-electron chi connectivity index (χ3n) is 4.05. The highest BCUT2D eigenvalue weighted by Gasteiger charge is 2.24. The van der Waals surface area contributed by atoms with E-state index in [1.807, 2.05) is 27.8 Å². The summed E-state index contributed by atoms with van der Waals surface area (Å²) < 4.78 is 18.2. The molecule has 0 aliphatic carbocycles. The highest BCUT2D eigenvalue weighted by Crippen LogP contribution is 2.20. The first-order valence-electron chi connectivity index (χ1n) is 8.67. The Morgan fingerprint density at radius 3 is 2.54 bits per heavy atom. The minimum atomic E-state index is -0.394. The summed E-state index contributed by atoms with van der Waals surface area (Å²) in [7, 11) is 1.87. The van der Waals surface area contributed by atoms with Crippen molar-refractivity contribution < 1.29 is 13.7 Å². The van der Waals surface area contributed by atoms with Gasteiger partial charge < -0.3 is 20.5 Å². The molecule has 0 saturated carbocycles. The highest BCUT2D eigenvalue weighted by atomic mass is 19.1. The van der Waals surface area contributed by atoms with Crippen LogP contribution in [0.15, 0.2) is 28.8 Å². The summed E-state index contributed by atoms with van der Waals surface area (Å²) in [6, 6.07) is 5.46. The van der Waals surface area contributed by atoms with Crippen molar-refractivity contribution in [3.8, 4) is 0 Å². The van der Waals surface area contributed by atoms with Crippen LogP contribution in [0, 0.1) is 11.7 Å². The van der Waals surface area contributed by atoms with Gasteiger partial charge in [-0.2, -0.15) is 4.98 Å². The van der Waals surface area contributed by atoms with Gasteiger partial charge in [0.15, 0.2) is 5.82 Å². The van der Waals surface area contributed by atoms with Gasteiger partial charge in [-0.05, 0) is 37.6 Å². The van der Waals surface area contributed by atoms with E-state index in [4.69, 9.17) is 4.52 Å². The molecule has 0 spiro atoms. The van der Waals surface area contributed by atoms with Crippen LogP contribution in [0.5, 0.6) is 0 Å². The molecule has 1 heterocycles. The Morgan fingerprint density at radius 1 is 1.23 bits per heavy atom. The van der Waals surface area contributed by atoms with Gasteiger partial charge in [0.1, 0.15) is 11.9 Å². The maximum Gasteiger partial charge on any atom is 0.315 e. The van der Waals surface area contributed by atoms with E-state index in [0.29, 0.717) is 24.7 Å². The van der Waals surface area contributed by atoms with Crippen LogP contribution < -0.4 is 16.0 Å². The van der Waals surface area contributed by atoms with Gasteiger partial charge >= 0.3 is 6.03 Å². The molecule has 2 atom stereocenters. The second kappa shape index (κ2) is 9.28. The first kappa shape index (κ1) is 19.8. The Bertz CT molecular complexity index is 702. The van der Waals surface area contributed by atoms with Gasteiger partial charge in [0.05, 0.1) is 0 Å². The summed E-state index contributed by atoms with van der Waals surface area (Å²) in [4.78, 5) is 16.6. The second-order valence-electron chi connectivity index (χ2n) is 6.62. The van der Waals surface area contributed by atoms with Crippen molar-refractivity contribution >= 4 is 6.03 Å². The lowest BCUT2D eigenvalue weighted by Gasteiger charge is -2.19. The number of benzene rings is 1. The van der Waals surface area contributed by atoms with Crippen molar-refractivity contribution in [3.05, 3.63) is 47.4 Å². The van der Waals surface area contributed by atoms with Crippen molar-refractivity contribution in [2.45, 2.75) is 45.8 Å². The molecule has 0 saturated heterocycles. The highest BCUT2D eigenvalue weighted by molar-refractivity contribution is 5.74. The average molecular weight is 363 g/mol. The molecule has 2 amide bonds. The molecule has 0 radical (unpaired) electrons. The largest absolute Gasteiger partial charge is 0.337 e. The number of rotatable bonds is 8. The third-order valence-corrected chi connectivity index (χ3v) is 4.05. The fourth-order valence-electron chi connectivity index (χ4n) is 2.34. The average Bonchev–Trinajstić information content (AvgIpc) is 3.06. The Kier molecular flexibility index (Phi) is 7.08. The molecule has 8 heteroatoms. The van der Waals surface area contributed by atoms with Crippen LogP contribution in [-0.4, -0.2) is 29.3 Å². The van der Waals surface area contributed by atoms with Crippen LogP contribution in [0.3, 0.4) is 0 Å². The number of nitrogens with one attached hydrogen (secondary N) is 3. The molecule has 0 bridgehead atoms. The SMILES string of the molecule is CNC(C)Cc1noc(C(NC(=O)NCc2ccc(F)cc2)C(C)C)n1. The number of nitrogens with zero attached hydrogens (tertiary/aromatic N) is 2. The second-order valence-corrected chi connectivity index (χ2v) is 6.62. The Morgan fingerprint density at radius 2 is 1.92 bits per heavy atom. The molecule has 2 rings (SSSR count). The standard InChI is InChI=1S/C18H26FN5O2/c1-11(2)16(17-22-15(24-26-17)9-12(3)20-4)23-18(25)21-10-13-5-7-14(19)8-6-13/h5-8,11-12,16,20H,9-10H2,1-4H3,(H2,21,23,25). The number of hydrogen-bond donors (Lipinski definition) is 3. The zero-order valence-electron chi connectivity index (χ0n) is 15.5. The van der Waals surface area contributed by atoms with Gasteiger partial charge in [-0.15, -0.1) is 0 Å². The van der Waals surface area contributed by atoms with Gasteiger partial charge in [-0.25, -0.2) is 9.18 Å². The number of urea groups is 1. The molecule has 0 fully saturated rings. The molecule has 2 unspecified atom stereocenters. The molecule has 3 N–H and O–H groups in total. The first-order chi connectivity index (χ1) is 12.4. The Balaban J connectivity index is 1.94. The van der Waals surface area contributed by atoms with Crippen molar-refractivity contribution in [1.29, 1.82) is 0 Å². The zero-order chi connectivity index (χ0) is 19.1. The molecule has 0 aliphatic rings. The minimum Gasteiger partial charge on any atom is -0.337 e. The molecule has 7 nitrogen and oxygen atoms in total. The Hall–Kier alpha value is -2.48. The van der Waals surface area contributed by atoms with E-state index in [9.17, 15) is 9.18 Å². The number of aromatic nitrogens is 2. The smallest absolute Gasteiger partial charge is 0.315 e. The molecule has 0 aliphatic heterocycles. The molecule has 2 aromatic rings. The summed E-state index contributed by atoms with van der Waals surface area (Å²) >= 11 is 0. The molecule has 1 aromatic carbocycles. The van der Waals surface area contributed by atoms with Gasteiger partial charge in [0, 0.05) is 19.0 Å². The van der Waals surface area contributed by atoms with Gasteiger partial charge in [0.2, 0.25) is 5.89 Å². The number of carbonyl (C=O) groups is 1. The van der Waals surface area contributed by atoms with Crippen molar-refractivity contribution in [1.82, 2.24) is 26.1 Å². The number of likely N-dealkylation sites (N-methyl/N-ethyl adjacent to an activating group) is 1. The maximum absolute atomic E-state index is 12.9. The monoisotopic (exact) mass is 363 g/mol.